The fourth-order valence-electron chi connectivity index (χ4n) is 4.81. The van der Waals surface area contributed by atoms with Crippen LogP contribution in [0, 0.1) is 0 Å². The van der Waals surface area contributed by atoms with Crippen molar-refractivity contribution in [3.8, 4) is 0 Å². The van der Waals surface area contributed by atoms with Crippen LogP contribution in [0.15, 0.2) is 94.9 Å². The molecule has 0 amide bonds. The van der Waals surface area contributed by atoms with E-state index < -0.39 is 0 Å². The van der Waals surface area contributed by atoms with Crippen LogP contribution in [0.3, 0.4) is 0 Å². The number of para-hydroxylation sites is 2. The minimum absolute atomic E-state index is 0.901. The molecule has 4 heteroatoms. The zero-order chi connectivity index (χ0) is 26.2. The molecule has 0 saturated heterocycles. The lowest BCUT2D eigenvalue weighted by Gasteiger charge is -2.13. The van der Waals surface area contributed by atoms with Crippen molar-refractivity contribution in [2.24, 2.45) is 9.98 Å². The summed E-state index contributed by atoms with van der Waals surface area (Å²) in [6, 6.07) is 29.0. The zero-order valence-corrected chi connectivity index (χ0v) is 22.3. The number of unbranched alkanes of at least 4 members (excludes halogenated alkanes) is 2. The molecule has 0 bridgehead atoms. The SMILES string of the molecule is CCCCc1ccc2c(nnc3c(C=Nc4ccccc4)c(CCCC)ccc32)c1C=Nc1ccccc1. The van der Waals surface area contributed by atoms with Crippen LogP contribution in [0.2, 0.25) is 0 Å². The minimum atomic E-state index is 0.901. The predicted molar refractivity (Wildman–Crippen MR) is 162 cm³/mol. The third kappa shape index (κ3) is 5.70. The molecule has 38 heavy (non-hydrogen) atoms. The van der Waals surface area contributed by atoms with Gasteiger partial charge in [-0.2, -0.15) is 0 Å². The van der Waals surface area contributed by atoms with Crippen LogP contribution in [0.5, 0.6) is 0 Å². The molecule has 0 N–H and O–H groups in total. The number of nitrogens with zero attached hydrogens (tertiary/aromatic N) is 4. The Bertz CT molecular complexity index is 1450. The summed E-state index contributed by atoms with van der Waals surface area (Å²) in [7, 11) is 0. The number of aromatic nitrogens is 2. The van der Waals surface area contributed by atoms with Gasteiger partial charge in [-0.3, -0.25) is 9.98 Å². The second-order valence-corrected chi connectivity index (χ2v) is 9.66. The number of hydrogen-bond acceptors (Lipinski definition) is 4. The molecule has 5 rings (SSSR count). The fourth-order valence-corrected chi connectivity index (χ4v) is 4.81. The molecule has 0 aliphatic rings. The summed E-state index contributed by atoms with van der Waals surface area (Å²) in [5.41, 5.74) is 8.30. The first-order chi connectivity index (χ1) is 18.8. The van der Waals surface area contributed by atoms with E-state index in [1.807, 2.05) is 73.1 Å². The summed E-state index contributed by atoms with van der Waals surface area (Å²) in [4.78, 5) is 9.58. The van der Waals surface area contributed by atoms with Crippen molar-refractivity contribution >= 4 is 45.6 Å². The maximum Gasteiger partial charge on any atom is 0.103 e. The predicted octanol–water partition coefficient (Wildman–Crippen LogP) is 8.97. The van der Waals surface area contributed by atoms with Crippen molar-refractivity contribution in [3.05, 3.63) is 107 Å². The summed E-state index contributed by atoms with van der Waals surface area (Å²) in [5.74, 6) is 0. The van der Waals surface area contributed by atoms with E-state index in [-0.39, 0.29) is 0 Å². The standard InChI is InChI=1S/C34H34N4/c1-3-5-13-25-19-21-29-30-22-20-26(14-6-4-2)32(24-36-28-17-11-8-12-18-28)34(30)38-37-33(29)31(25)23-35-27-15-9-7-10-16-27/h7-12,15-24H,3-6,13-14H2,1-2H3. The molecule has 0 spiro atoms. The molecule has 0 saturated carbocycles. The maximum atomic E-state index is 4.82. The Kier molecular flexibility index (Phi) is 8.29. The van der Waals surface area contributed by atoms with Gasteiger partial charge in [-0.1, -0.05) is 87.4 Å². The van der Waals surface area contributed by atoms with Crippen LogP contribution in [-0.2, 0) is 12.8 Å². The quantitative estimate of drug-likeness (QED) is 0.142. The van der Waals surface area contributed by atoms with E-state index in [1.54, 1.807) is 0 Å². The first-order valence-corrected chi connectivity index (χ1v) is 13.7. The molecule has 1 aromatic heterocycles. The third-order valence-corrected chi connectivity index (χ3v) is 6.95. The van der Waals surface area contributed by atoms with Gasteiger partial charge in [0.25, 0.3) is 0 Å². The highest BCUT2D eigenvalue weighted by molar-refractivity contribution is 6.13. The molecule has 4 nitrogen and oxygen atoms in total. The summed E-state index contributed by atoms with van der Waals surface area (Å²) >= 11 is 0. The van der Waals surface area contributed by atoms with Crippen molar-refractivity contribution in [2.75, 3.05) is 0 Å². The Morgan fingerprint density at radius 1 is 0.553 bits per heavy atom. The Labute approximate surface area is 225 Å². The van der Waals surface area contributed by atoms with Crippen LogP contribution < -0.4 is 0 Å². The van der Waals surface area contributed by atoms with Gasteiger partial charge in [0.15, 0.2) is 0 Å². The van der Waals surface area contributed by atoms with E-state index in [4.69, 9.17) is 20.2 Å². The van der Waals surface area contributed by atoms with Crippen LogP contribution in [0.25, 0.3) is 21.8 Å². The Hall–Kier alpha value is -4.18. The third-order valence-electron chi connectivity index (χ3n) is 6.95. The fraction of sp³-hybridized carbons (Fsp3) is 0.235. The molecule has 0 radical (unpaired) electrons. The lowest BCUT2D eigenvalue weighted by Crippen LogP contribution is -2.02. The van der Waals surface area contributed by atoms with Crippen molar-refractivity contribution in [1.29, 1.82) is 0 Å². The van der Waals surface area contributed by atoms with Gasteiger partial charge in [-0.25, -0.2) is 0 Å². The van der Waals surface area contributed by atoms with Gasteiger partial charge in [-0.05, 0) is 61.1 Å². The summed E-state index contributed by atoms with van der Waals surface area (Å²) < 4.78 is 0. The topological polar surface area (TPSA) is 50.5 Å². The van der Waals surface area contributed by atoms with Crippen molar-refractivity contribution in [3.63, 3.8) is 0 Å². The molecular weight excluding hydrogens is 464 g/mol. The minimum Gasteiger partial charge on any atom is -0.256 e. The number of aliphatic imine (C=N–C) groups is 2. The molecule has 0 atom stereocenters. The highest BCUT2D eigenvalue weighted by Crippen LogP contribution is 2.30. The van der Waals surface area contributed by atoms with Gasteiger partial charge >= 0.3 is 0 Å². The van der Waals surface area contributed by atoms with Gasteiger partial charge in [0.1, 0.15) is 11.0 Å². The lowest BCUT2D eigenvalue weighted by atomic mass is 9.95. The molecular formula is C34H34N4. The first-order valence-electron chi connectivity index (χ1n) is 13.7. The lowest BCUT2D eigenvalue weighted by molar-refractivity contribution is 0.794. The second kappa shape index (κ2) is 12.4. The highest BCUT2D eigenvalue weighted by Gasteiger charge is 2.15. The Balaban J connectivity index is 1.67. The van der Waals surface area contributed by atoms with Crippen LogP contribution in [0.4, 0.5) is 11.4 Å². The van der Waals surface area contributed by atoms with Crippen LogP contribution in [0.1, 0.15) is 61.8 Å². The van der Waals surface area contributed by atoms with E-state index in [0.29, 0.717) is 0 Å². The monoisotopic (exact) mass is 498 g/mol. The number of aryl methyl sites for hydroxylation is 2. The molecule has 0 fully saturated rings. The molecule has 0 unspecified atom stereocenters. The molecule has 0 aliphatic heterocycles. The second-order valence-electron chi connectivity index (χ2n) is 9.66. The van der Waals surface area contributed by atoms with E-state index in [1.165, 1.54) is 11.1 Å². The van der Waals surface area contributed by atoms with Crippen molar-refractivity contribution < 1.29 is 0 Å². The maximum absolute atomic E-state index is 4.82. The summed E-state index contributed by atoms with van der Waals surface area (Å²) in [6.07, 6.45) is 10.5. The smallest absolute Gasteiger partial charge is 0.103 e. The van der Waals surface area contributed by atoms with Gasteiger partial charge in [0.05, 0.1) is 11.4 Å². The van der Waals surface area contributed by atoms with Gasteiger partial charge in [0, 0.05) is 34.3 Å². The molecule has 1 heterocycles. The highest BCUT2D eigenvalue weighted by atomic mass is 15.1. The van der Waals surface area contributed by atoms with Crippen LogP contribution in [-0.4, -0.2) is 22.6 Å². The van der Waals surface area contributed by atoms with Crippen LogP contribution >= 0.6 is 0 Å². The van der Waals surface area contributed by atoms with E-state index in [9.17, 15) is 0 Å². The number of fused-ring (bicyclic) bond motifs is 3. The van der Waals surface area contributed by atoms with Gasteiger partial charge < -0.3 is 0 Å². The van der Waals surface area contributed by atoms with E-state index in [2.05, 4.69) is 38.1 Å². The average molecular weight is 499 g/mol. The van der Waals surface area contributed by atoms with Crippen molar-refractivity contribution in [1.82, 2.24) is 10.2 Å². The zero-order valence-electron chi connectivity index (χ0n) is 22.3. The normalized spacial score (nSPS) is 11.8. The largest absolute Gasteiger partial charge is 0.256 e. The Morgan fingerprint density at radius 2 is 0.974 bits per heavy atom. The average Bonchev–Trinajstić information content (AvgIpc) is 2.97. The molecule has 5 aromatic rings. The molecule has 190 valence electrons. The number of hydrogen-bond donors (Lipinski definition) is 0. The van der Waals surface area contributed by atoms with Gasteiger partial charge in [-0.15, -0.1) is 10.2 Å². The summed E-state index contributed by atoms with van der Waals surface area (Å²) in [6.45, 7) is 4.45. The van der Waals surface area contributed by atoms with E-state index >= 15 is 0 Å². The first kappa shape index (κ1) is 25.5. The van der Waals surface area contributed by atoms with Crippen molar-refractivity contribution in [2.45, 2.75) is 52.4 Å². The summed E-state index contributed by atoms with van der Waals surface area (Å²) in [5, 5.41) is 11.8. The number of rotatable bonds is 10. The molecule has 4 aromatic carbocycles. The molecule has 0 aliphatic carbocycles. The Morgan fingerprint density at radius 3 is 1.37 bits per heavy atom. The number of benzene rings is 4. The van der Waals surface area contributed by atoms with E-state index in [0.717, 1.165) is 82.8 Å². The van der Waals surface area contributed by atoms with Gasteiger partial charge in [0.2, 0.25) is 0 Å².